The molecule has 0 radical (unpaired) electrons. The Morgan fingerprint density at radius 2 is 0.960 bits per heavy atom. The summed E-state index contributed by atoms with van der Waals surface area (Å²) < 4.78 is 0. The van der Waals surface area contributed by atoms with E-state index in [0.29, 0.717) is 10.3 Å². The normalized spacial score (nSPS) is 35.1. The van der Waals surface area contributed by atoms with Gasteiger partial charge in [-0.1, -0.05) is 61.6 Å². The van der Waals surface area contributed by atoms with Crippen molar-refractivity contribution < 1.29 is 0 Å². The molecule has 6 heteroatoms. The van der Waals surface area contributed by atoms with Crippen LogP contribution in [-0.2, 0) is 22.1 Å². The average Bonchev–Trinajstić information content (AvgIpc) is 3.05. The Balaban J connectivity index is 1.29. The summed E-state index contributed by atoms with van der Waals surface area (Å²) in [7, 11) is 3.05. The first-order valence-corrected chi connectivity index (χ1v) is 22.1. The molecule has 11 rings (SSSR count). The van der Waals surface area contributed by atoms with E-state index < -0.39 is 5.16 Å². The third-order valence-corrected chi connectivity index (χ3v) is 19.6. The Labute approximate surface area is 305 Å². The van der Waals surface area contributed by atoms with Crippen LogP contribution in [0.4, 0.5) is 0 Å². The van der Waals surface area contributed by atoms with Crippen molar-refractivity contribution in [2.24, 2.45) is 35.5 Å². The molecule has 4 nitrogen and oxygen atoms in total. The maximum Gasteiger partial charge on any atom is 0.0967 e. The van der Waals surface area contributed by atoms with Crippen LogP contribution >= 0.6 is 17.2 Å². The maximum absolute atomic E-state index is 5.05. The number of benzene rings is 1. The summed E-state index contributed by atoms with van der Waals surface area (Å²) in [6, 6.07) is 5.33. The fourth-order valence-corrected chi connectivity index (χ4v) is 19.3. The van der Waals surface area contributed by atoms with E-state index in [2.05, 4.69) is 72.9 Å². The van der Waals surface area contributed by atoms with E-state index in [9.17, 15) is 0 Å². The molecule has 0 amide bonds. The van der Waals surface area contributed by atoms with Crippen LogP contribution in [0.2, 0.25) is 0 Å². The second-order valence-electron chi connectivity index (χ2n) is 20.4. The highest BCUT2D eigenvalue weighted by molar-refractivity contribution is 7.60. The highest BCUT2D eigenvalue weighted by Gasteiger charge is 2.62. The summed E-state index contributed by atoms with van der Waals surface area (Å²) in [6.45, 7) is 14.5. The van der Waals surface area contributed by atoms with Crippen molar-refractivity contribution in [2.45, 2.75) is 151 Å². The van der Waals surface area contributed by atoms with Crippen LogP contribution in [0, 0.1) is 35.5 Å². The van der Waals surface area contributed by atoms with E-state index in [0.717, 1.165) is 46.9 Å². The van der Waals surface area contributed by atoms with E-state index in [4.69, 9.17) is 9.97 Å². The van der Waals surface area contributed by atoms with Gasteiger partial charge in [0, 0.05) is 24.8 Å². The van der Waals surface area contributed by atoms with E-state index >= 15 is 0 Å². The van der Waals surface area contributed by atoms with Crippen molar-refractivity contribution in [1.82, 2.24) is 19.9 Å². The Morgan fingerprint density at radius 3 is 1.30 bits per heavy atom. The van der Waals surface area contributed by atoms with Gasteiger partial charge in [0.05, 0.1) is 28.9 Å². The molecular formula is C44H60N4P2. The molecular weight excluding hydrogens is 646 g/mol. The van der Waals surface area contributed by atoms with Gasteiger partial charge in [0.1, 0.15) is 0 Å². The average molecular weight is 707 g/mol. The summed E-state index contributed by atoms with van der Waals surface area (Å²) in [6.07, 6.45) is 30.8. The summed E-state index contributed by atoms with van der Waals surface area (Å²) in [5, 5.41) is 0.457. The number of nitrogens with zero attached hydrogens (tertiary/aromatic N) is 4. The number of hydrogen-bond donors (Lipinski definition) is 0. The Hall–Kier alpha value is -1.76. The highest BCUT2D eigenvalue weighted by atomic mass is 31.1. The zero-order valence-corrected chi connectivity index (χ0v) is 33.6. The van der Waals surface area contributed by atoms with Crippen LogP contribution in [0.5, 0.6) is 0 Å². The van der Waals surface area contributed by atoms with E-state index in [-0.39, 0.29) is 18.8 Å². The predicted octanol–water partition coefficient (Wildman–Crippen LogP) is 10.9. The van der Waals surface area contributed by atoms with Crippen molar-refractivity contribution in [2.75, 3.05) is 0 Å². The van der Waals surface area contributed by atoms with Gasteiger partial charge in [-0.3, -0.25) is 19.9 Å². The molecule has 0 N–H and O–H groups in total. The first-order chi connectivity index (χ1) is 23.7. The zero-order valence-electron chi connectivity index (χ0n) is 31.6. The number of aromatic nitrogens is 4. The molecule has 1 unspecified atom stereocenters. The van der Waals surface area contributed by atoms with Crippen LogP contribution in [0.15, 0.2) is 49.3 Å². The molecule has 0 saturated heterocycles. The van der Waals surface area contributed by atoms with Gasteiger partial charge in [0.2, 0.25) is 0 Å². The molecule has 50 heavy (non-hydrogen) atoms. The van der Waals surface area contributed by atoms with Crippen LogP contribution < -0.4 is 0 Å². The van der Waals surface area contributed by atoms with Crippen LogP contribution in [0.1, 0.15) is 152 Å². The fourth-order valence-electron chi connectivity index (χ4n) is 13.6. The summed E-state index contributed by atoms with van der Waals surface area (Å²) in [5.74, 6) is 5.88. The van der Waals surface area contributed by atoms with Crippen molar-refractivity contribution in [1.29, 1.82) is 0 Å². The molecule has 0 spiro atoms. The Bertz CT molecular complexity index is 1590. The molecule has 8 aliphatic carbocycles. The second kappa shape index (κ2) is 11.9. The lowest BCUT2D eigenvalue weighted by Crippen LogP contribution is -2.56. The first-order valence-electron chi connectivity index (χ1n) is 20.0. The molecule has 8 saturated carbocycles. The lowest BCUT2D eigenvalue weighted by molar-refractivity contribution is 0.0184. The van der Waals surface area contributed by atoms with Crippen molar-refractivity contribution in [3.63, 3.8) is 0 Å². The number of rotatable bonds is 7. The van der Waals surface area contributed by atoms with Gasteiger partial charge >= 0.3 is 0 Å². The largest absolute Gasteiger partial charge is 0.261 e. The summed E-state index contributed by atoms with van der Waals surface area (Å²) >= 11 is 0. The molecule has 266 valence electrons. The van der Waals surface area contributed by atoms with Gasteiger partial charge < -0.3 is 0 Å². The monoisotopic (exact) mass is 706 g/mol. The molecule has 2 heterocycles. The minimum absolute atomic E-state index is 0.0171. The Kier molecular flexibility index (Phi) is 8.08. The molecule has 1 atom stereocenters. The second-order valence-corrected chi connectivity index (χ2v) is 24.3. The predicted molar refractivity (Wildman–Crippen MR) is 210 cm³/mol. The van der Waals surface area contributed by atoms with Crippen LogP contribution in [-0.4, -0.2) is 30.2 Å². The van der Waals surface area contributed by atoms with Crippen molar-refractivity contribution >= 4 is 17.2 Å². The van der Waals surface area contributed by atoms with Crippen molar-refractivity contribution in [3.8, 4) is 0 Å². The lowest BCUT2D eigenvalue weighted by atomic mass is 9.55. The first kappa shape index (κ1) is 34.0. The molecule has 0 aliphatic heterocycles. The van der Waals surface area contributed by atoms with Gasteiger partial charge in [-0.15, -0.1) is 9.24 Å². The number of hydrogen-bond acceptors (Lipinski definition) is 4. The van der Waals surface area contributed by atoms with E-state index in [1.165, 1.54) is 99.9 Å². The smallest absolute Gasteiger partial charge is 0.0967 e. The minimum Gasteiger partial charge on any atom is -0.261 e. The lowest BCUT2D eigenvalue weighted by Gasteiger charge is -2.67. The van der Waals surface area contributed by atoms with E-state index in [1.54, 1.807) is 18.0 Å². The SMILES string of the molecule is CC(C)(C)c1cc(CP(C23CC4CC(CC(C4)C2)C3)C23CC4CC(CC(C4)C2)C3)c(C(P)(c2cnccn2)c2cnccn2)cc1C(C)(C)C. The summed E-state index contributed by atoms with van der Waals surface area (Å²) in [5.41, 5.74) is 7.76. The van der Waals surface area contributed by atoms with Gasteiger partial charge in [0.15, 0.2) is 0 Å². The fraction of sp³-hybridized carbons (Fsp3) is 0.682. The third kappa shape index (κ3) is 5.58. The van der Waals surface area contributed by atoms with E-state index in [1.807, 2.05) is 24.8 Å². The molecule has 1 aromatic carbocycles. The Morgan fingerprint density at radius 1 is 0.580 bits per heavy atom. The topological polar surface area (TPSA) is 51.6 Å². The molecule has 8 aliphatic rings. The molecule has 8 fully saturated rings. The van der Waals surface area contributed by atoms with Gasteiger partial charge in [-0.25, -0.2) is 0 Å². The minimum atomic E-state index is -0.655. The molecule has 3 aromatic rings. The maximum atomic E-state index is 5.05. The van der Waals surface area contributed by atoms with Crippen LogP contribution in [0.25, 0.3) is 0 Å². The van der Waals surface area contributed by atoms with Crippen molar-refractivity contribution in [3.05, 3.63) is 83.0 Å². The molecule has 8 bridgehead atoms. The van der Waals surface area contributed by atoms with Gasteiger partial charge in [-0.05, 0) is 162 Å². The van der Waals surface area contributed by atoms with Crippen LogP contribution in [0.3, 0.4) is 0 Å². The molecule has 2 aromatic heterocycles. The quantitative estimate of drug-likeness (QED) is 0.230. The van der Waals surface area contributed by atoms with Gasteiger partial charge in [-0.2, -0.15) is 0 Å². The third-order valence-electron chi connectivity index (χ3n) is 14.7. The standard InChI is InChI=1S/C44H60N4P2/c1-40(2,3)36-17-34(35(18-37(36)41(4,5)6)44(49,38-25-45-7-9-47-38)39-26-46-8-10-48-39)27-50(42-19-28-11-29(20-42)13-30(12-28)21-42)43-22-31-14-32(23-43)16-33(15-31)24-43/h7-10,17-18,25-26,28-33H,11-16,19-24,27,49H2,1-6H3. The highest BCUT2D eigenvalue weighted by Crippen LogP contribution is 2.80. The summed E-state index contributed by atoms with van der Waals surface area (Å²) in [4.78, 5) is 19.4. The van der Waals surface area contributed by atoms with Gasteiger partial charge in [0.25, 0.3) is 0 Å². The zero-order chi connectivity index (χ0) is 34.7.